The Morgan fingerprint density at radius 3 is 2.35 bits per heavy atom. The minimum absolute atomic E-state index is 0.290. The fourth-order valence-electron chi connectivity index (χ4n) is 1.94. The molecular weight excluding hydrogens is 232 g/mol. The number of aryl methyl sites for hydroxylation is 1. The third kappa shape index (κ3) is 3.47. The minimum atomic E-state index is -0.561. The average Bonchev–Trinajstić information content (AvgIpc) is 2.16. The molecule has 0 aliphatic heterocycles. The fourth-order valence-corrected chi connectivity index (χ4v) is 2.59. The lowest BCUT2D eigenvalue weighted by Crippen LogP contribution is -2.43. The molecule has 1 fully saturated rings. The van der Waals surface area contributed by atoms with E-state index in [2.05, 4.69) is 31.2 Å². The molecule has 1 N–H and O–H groups in total. The summed E-state index contributed by atoms with van der Waals surface area (Å²) in [6, 6.07) is 8.33. The number of aliphatic hydroxyl groups is 1. The third-order valence-corrected chi connectivity index (χ3v) is 4.23. The summed E-state index contributed by atoms with van der Waals surface area (Å²) < 4.78 is 5.73. The highest BCUT2D eigenvalue weighted by atomic mass is 32.2. The van der Waals surface area contributed by atoms with Crippen LogP contribution in [0.25, 0.3) is 0 Å². The van der Waals surface area contributed by atoms with Crippen LogP contribution in [0.2, 0.25) is 0 Å². The number of rotatable bonds is 4. The summed E-state index contributed by atoms with van der Waals surface area (Å²) in [5.74, 6) is 0.381. The normalized spacial score (nSPS) is 24.5. The fraction of sp³-hybridized carbons (Fsp3) is 0.571. The first kappa shape index (κ1) is 12.9. The van der Waals surface area contributed by atoms with Gasteiger partial charge in [-0.2, -0.15) is 0 Å². The van der Waals surface area contributed by atoms with Gasteiger partial charge in [0.25, 0.3) is 0 Å². The Hall–Kier alpha value is -0.510. The predicted molar refractivity (Wildman–Crippen MR) is 70.9 cm³/mol. The van der Waals surface area contributed by atoms with Gasteiger partial charge in [-0.1, -0.05) is 17.7 Å². The van der Waals surface area contributed by atoms with Gasteiger partial charge in [0.05, 0.1) is 11.7 Å². The van der Waals surface area contributed by atoms with Gasteiger partial charge < -0.3 is 9.29 Å². The molecule has 0 unspecified atom stereocenters. The number of hydrogen-bond donors (Lipinski definition) is 1. The molecule has 0 radical (unpaired) electrons. The Labute approximate surface area is 108 Å². The summed E-state index contributed by atoms with van der Waals surface area (Å²) in [4.78, 5) is 1.14. The summed E-state index contributed by atoms with van der Waals surface area (Å²) in [7, 11) is 0. The monoisotopic (exact) mass is 252 g/mol. The Bertz CT molecular complexity index is 361. The van der Waals surface area contributed by atoms with Crippen LogP contribution in [-0.2, 0) is 4.18 Å². The van der Waals surface area contributed by atoms with E-state index in [4.69, 9.17) is 4.18 Å². The van der Waals surface area contributed by atoms with E-state index in [0.29, 0.717) is 5.92 Å². The molecular formula is C14H20O2S. The van der Waals surface area contributed by atoms with Crippen molar-refractivity contribution in [3.8, 4) is 0 Å². The van der Waals surface area contributed by atoms with Crippen molar-refractivity contribution in [2.45, 2.75) is 50.2 Å². The van der Waals surface area contributed by atoms with Crippen LogP contribution in [0, 0.1) is 12.8 Å². The maximum Gasteiger partial charge on any atom is 0.0734 e. The molecule has 3 heteroatoms. The van der Waals surface area contributed by atoms with Crippen molar-refractivity contribution in [2.75, 3.05) is 0 Å². The van der Waals surface area contributed by atoms with E-state index in [-0.39, 0.29) is 6.10 Å². The largest absolute Gasteiger partial charge is 0.390 e. The maximum atomic E-state index is 9.81. The lowest BCUT2D eigenvalue weighted by atomic mass is 9.73. The lowest BCUT2D eigenvalue weighted by molar-refractivity contribution is -0.0625. The molecule has 0 heterocycles. The van der Waals surface area contributed by atoms with E-state index in [1.54, 1.807) is 0 Å². The predicted octanol–water partition coefficient (Wildman–Crippen LogP) is 3.57. The highest BCUT2D eigenvalue weighted by Gasteiger charge is 2.39. The minimum Gasteiger partial charge on any atom is -0.390 e. The van der Waals surface area contributed by atoms with Crippen LogP contribution in [0.5, 0.6) is 0 Å². The van der Waals surface area contributed by atoms with E-state index in [9.17, 15) is 5.11 Å². The van der Waals surface area contributed by atoms with Crippen LogP contribution >= 0.6 is 12.0 Å². The highest BCUT2D eigenvalue weighted by Crippen LogP contribution is 2.40. The van der Waals surface area contributed by atoms with E-state index in [1.165, 1.54) is 17.6 Å². The Kier molecular flexibility index (Phi) is 3.81. The van der Waals surface area contributed by atoms with Gasteiger partial charge >= 0.3 is 0 Å². The van der Waals surface area contributed by atoms with Gasteiger partial charge in [-0.25, -0.2) is 0 Å². The van der Waals surface area contributed by atoms with Crippen molar-refractivity contribution >= 4 is 12.0 Å². The Morgan fingerprint density at radius 2 is 1.82 bits per heavy atom. The highest BCUT2D eigenvalue weighted by molar-refractivity contribution is 7.94. The van der Waals surface area contributed by atoms with Crippen molar-refractivity contribution in [1.82, 2.24) is 0 Å². The van der Waals surface area contributed by atoms with Gasteiger partial charge in [0.15, 0.2) is 0 Å². The third-order valence-electron chi connectivity index (χ3n) is 3.40. The van der Waals surface area contributed by atoms with E-state index < -0.39 is 5.60 Å². The molecule has 1 aliphatic carbocycles. The van der Waals surface area contributed by atoms with Crippen molar-refractivity contribution in [3.63, 3.8) is 0 Å². The molecule has 1 aromatic carbocycles. The summed E-state index contributed by atoms with van der Waals surface area (Å²) in [5, 5.41) is 9.81. The zero-order valence-electron chi connectivity index (χ0n) is 10.6. The number of benzene rings is 1. The van der Waals surface area contributed by atoms with E-state index in [0.717, 1.165) is 17.7 Å². The summed E-state index contributed by atoms with van der Waals surface area (Å²) in [5.41, 5.74) is 0.703. The van der Waals surface area contributed by atoms with Crippen LogP contribution < -0.4 is 0 Å². The van der Waals surface area contributed by atoms with Crippen LogP contribution in [0.3, 0.4) is 0 Å². The maximum absolute atomic E-state index is 9.81. The standard InChI is InChI=1S/C14H20O2S/c1-10-4-6-13(7-5-10)17-16-12-8-11(9-12)14(2,3)15/h4-7,11-12,15H,8-9H2,1-3H3. The summed E-state index contributed by atoms with van der Waals surface area (Å²) >= 11 is 1.44. The second kappa shape index (κ2) is 5.01. The first-order valence-electron chi connectivity index (χ1n) is 6.07. The Morgan fingerprint density at radius 1 is 1.24 bits per heavy atom. The molecule has 2 nitrogen and oxygen atoms in total. The number of hydrogen-bond acceptors (Lipinski definition) is 3. The molecule has 2 rings (SSSR count). The van der Waals surface area contributed by atoms with E-state index in [1.807, 2.05) is 13.8 Å². The van der Waals surface area contributed by atoms with Gasteiger partial charge in [0.2, 0.25) is 0 Å². The molecule has 17 heavy (non-hydrogen) atoms. The molecule has 0 bridgehead atoms. The molecule has 1 aliphatic rings. The quantitative estimate of drug-likeness (QED) is 0.831. The first-order chi connectivity index (χ1) is 7.95. The molecule has 0 atom stereocenters. The smallest absolute Gasteiger partial charge is 0.0734 e. The van der Waals surface area contributed by atoms with Crippen molar-refractivity contribution in [2.24, 2.45) is 5.92 Å². The van der Waals surface area contributed by atoms with Gasteiger partial charge in [-0.05, 0) is 51.7 Å². The molecule has 94 valence electrons. The van der Waals surface area contributed by atoms with Crippen molar-refractivity contribution in [1.29, 1.82) is 0 Å². The second-order valence-corrected chi connectivity index (χ2v) is 6.27. The molecule has 0 saturated heterocycles. The van der Waals surface area contributed by atoms with Gasteiger partial charge in [0.1, 0.15) is 0 Å². The summed E-state index contributed by atoms with van der Waals surface area (Å²) in [6.45, 7) is 5.83. The molecule has 0 amide bonds. The van der Waals surface area contributed by atoms with Crippen molar-refractivity contribution in [3.05, 3.63) is 29.8 Å². The van der Waals surface area contributed by atoms with Gasteiger partial charge in [-0.3, -0.25) is 0 Å². The second-order valence-electron chi connectivity index (χ2n) is 5.44. The molecule has 0 spiro atoms. The first-order valence-corrected chi connectivity index (χ1v) is 6.81. The van der Waals surface area contributed by atoms with Crippen LogP contribution in [0.1, 0.15) is 32.3 Å². The topological polar surface area (TPSA) is 29.5 Å². The molecule has 1 aromatic rings. The lowest BCUT2D eigenvalue weighted by Gasteiger charge is -2.41. The zero-order valence-corrected chi connectivity index (χ0v) is 11.5. The summed E-state index contributed by atoms with van der Waals surface area (Å²) in [6.07, 6.45) is 2.21. The van der Waals surface area contributed by atoms with Crippen molar-refractivity contribution < 1.29 is 9.29 Å². The zero-order chi connectivity index (χ0) is 12.5. The average molecular weight is 252 g/mol. The van der Waals surface area contributed by atoms with Crippen LogP contribution in [0.4, 0.5) is 0 Å². The van der Waals surface area contributed by atoms with Crippen LogP contribution in [0.15, 0.2) is 29.2 Å². The molecule has 0 aromatic heterocycles. The molecule has 1 saturated carbocycles. The van der Waals surface area contributed by atoms with Crippen LogP contribution in [-0.4, -0.2) is 16.8 Å². The Balaban J connectivity index is 1.73. The van der Waals surface area contributed by atoms with E-state index >= 15 is 0 Å². The SMILES string of the molecule is Cc1ccc(SOC2CC(C(C)(C)O)C2)cc1. The van der Waals surface area contributed by atoms with Gasteiger partial charge in [-0.15, -0.1) is 0 Å². The van der Waals surface area contributed by atoms with Gasteiger partial charge in [0, 0.05) is 16.9 Å².